The number of carboxylic acid groups (broad SMARTS) is 1. The average molecular weight is 230 g/mol. The maximum Gasteiger partial charge on any atom is 0.309 e. The first-order valence-electron chi connectivity index (χ1n) is 5.89. The molecule has 0 heterocycles. The van der Waals surface area contributed by atoms with E-state index < -0.39 is 24.0 Å². The standard InChI is InChI=1S/C12H22O4/c1-4-5-6-7-8-11(16-10(3)13)9(2)12(14)15/h9,11H,4-8H2,1-3H3,(H,14,15)/t9-,11-/m1/s1. The van der Waals surface area contributed by atoms with Crippen LogP contribution in [0, 0.1) is 5.92 Å². The van der Waals surface area contributed by atoms with E-state index in [2.05, 4.69) is 6.92 Å². The highest BCUT2D eigenvalue weighted by Gasteiger charge is 2.25. The van der Waals surface area contributed by atoms with Crippen molar-refractivity contribution in [2.75, 3.05) is 0 Å². The minimum absolute atomic E-state index is 0.409. The van der Waals surface area contributed by atoms with Crippen LogP contribution in [-0.4, -0.2) is 23.1 Å². The molecule has 1 N–H and O–H groups in total. The lowest BCUT2D eigenvalue weighted by molar-refractivity contribution is -0.156. The summed E-state index contributed by atoms with van der Waals surface area (Å²) in [6.07, 6.45) is 4.37. The van der Waals surface area contributed by atoms with E-state index in [-0.39, 0.29) is 0 Å². The van der Waals surface area contributed by atoms with Crippen molar-refractivity contribution in [2.45, 2.75) is 59.0 Å². The number of carbonyl (C=O) groups is 2. The SMILES string of the molecule is CCCCCC[C@@H](OC(C)=O)[C@@H](C)C(=O)O. The van der Waals surface area contributed by atoms with Crippen molar-refractivity contribution >= 4 is 11.9 Å². The smallest absolute Gasteiger partial charge is 0.309 e. The molecule has 0 aromatic carbocycles. The summed E-state index contributed by atoms with van der Waals surface area (Å²) in [6, 6.07) is 0. The van der Waals surface area contributed by atoms with Gasteiger partial charge in [-0.25, -0.2) is 0 Å². The quantitative estimate of drug-likeness (QED) is 0.514. The molecule has 0 radical (unpaired) electrons. The summed E-state index contributed by atoms with van der Waals surface area (Å²) in [5, 5.41) is 8.88. The van der Waals surface area contributed by atoms with Gasteiger partial charge in [-0.15, -0.1) is 0 Å². The fraction of sp³-hybridized carbons (Fsp3) is 0.833. The number of unbranched alkanes of at least 4 members (excludes halogenated alkanes) is 3. The summed E-state index contributed by atoms with van der Waals surface area (Å²) in [5.74, 6) is -1.96. The van der Waals surface area contributed by atoms with Gasteiger partial charge in [-0.2, -0.15) is 0 Å². The van der Waals surface area contributed by atoms with Crippen molar-refractivity contribution in [3.8, 4) is 0 Å². The maximum absolute atomic E-state index is 10.9. The van der Waals surface area contributed by atoms with Crippen molar-refractivity contribution in [1.29, 1.82) is 0 Å². The van der Waals surface area contributed by atoms with Crippen molar-refractivity contribution in [1.82, 2.24) is 0 Å². The van der Waals surface area contributed by atoms with Gasteiger partial charge in [0.2, 0.25) is 0 Å². The first-order chi connectivity index (χ1) is 7.49. The Kier molecular flexibility index (Phi) is 7.60. The van der Waals surface area contributed by atoms with Crippen molar-refractivity contribution in [2.24, 2.45) is 5.92 Å². The zero-order valence-corrected chi connectivity index (χ0v) is 10.4. The first-order valence-corrected chi connectivity index (χ1v) is 5.89. The van der Waals surface area contributed by atoms with Gasteiger partial charge < -0.3 is 9.84 Å². The zero-order valence-electron chi connectivity index (χ0n) is 10.4. The van der Waals surface area contributed by atoms with Crippen LogP contribution in [0.2, 0.25) is 0 Å². The molecule has 0 aliphatic carbocycles. The molecule has 0 aromatic heterocycles. The second kappa shape index (κ2) is 8.13. The third-order valence-electron chi connectivity index (χ3n) is 2.61. The Morgan fingerprint density at radius 2 is 1.88 bits per heavy atom. The zero-order chi connectivity index (χ0) is 12.6. The molecule has 0 unspecified atom stereocenters. The number of rotatable bonds is 8. The third kappa shape index (κ3) is 6.43. The molecule has 0 fully saturated rings. The molecule has 0 saturated heterocycles. The van der Waals surface area contributed by atoms with Crippen LogP contribution in [0.3, 0.4) is 0 Å². The number of esters is 1. The van der Waals surface area contributed by atoms with Gasteiger partial charge >= 0.3 is 11.9 Å². The topological polar surface area (TPSA) is 63.6 Å². The maximum atomic E-state index is 10.9. The molecule has 4 nitrogen and oxygen atoms in total. The molecule has 0 bridgehead atoms. The van der Waals surface area contributed by atoms with Gasteiger partial charge in [-0.3, -0.25) is 9.59 Å². The van der Waals surface area contributed by atoms with E-state index in [0.717, 1.165) is 25.7 Å². The second-order valence-electron chi connectivity index (χ2n) is 4.12. The Morgan fingerprint density at radius 1 is 1.25 bits per heavy atom. The third-order valence-corrected chi connectivity index (χ3v) is 2.61. The predicted octanol–water partition coefficient (Wildman–Crippen LogP) is 2.61. The molecule has 0 aliphatic rings. The molecule has 0 aliphatic heterocycles. The van der Waals surface area contributed by atoms with Crippen LogP contribution in [0.4, 0.5) is 0 Å². The second-order valence-corrected chi connectivity index (χ2v) is 4.12. The van der Waals surface area contributed by atoms with Crippen molar-refractivity contribution in [3.63, 3.8) is 0 Å². The lowest BCUT2D eigenvalue weighted by atomic mass is 9.98. The Morgan fingerprint density at radius 3 is 2.31 bits per heavy atom. The normalized spacial score (nSPS) is 14.2. The fourth-order valence-corrected chi connectivity index (χ4v) is 1.56. The number of ether oxygens (including phenoxy) is 1. The molecule has 0 aromatic rings. The molecule has 0 spiro atoms. The number of carboxylic acids is 1. The summed E-state index contributed by atoms with van der Waals surface area (Å²) >= 11 is 0. The molecule has 0 rings (SSSR count). The number of hydrogen-bond acceptors (Lipinski definition) is 3. The summed E-state index contributed by atoms with van der Waals surface area (Å²) < 4.78 is 5.03. The van der Waals surface area contributed by atoms with Gasteiger partial charge in [0, 0.05) is 6.92 Å². The Hall–Kier alpha value is -1.06. The van der Waals surface area contributed by atoms with E-state index in [1.807, 2.05) is 0 Å². The molecule has 4 heteroatoms. The van der Waals surface area contributed by atoms with E-state index in [4.69, 9.17) is 9.84 Å². The highest BCUT2D eigenvalue weighted by atomic mass is 16.5. The minimum atomic E-state index is -0.915. The van der Waals surface area contributed by atoms with Crippen LogP contribution in [0.5, 0.6) is 0 Å². The summed E-state index contributed by atoms with van der Waals surface area (Å²) in [7, 11) is 0. The van der Waals surface area contributed by atoms with Gasteiger partial charge in [0.1, 0.15) is 6.10 Å². The van der Waals surface area contributed by atoms with Crippen LogP contribution in [-0.2, 0) is 14.3 Å². The Bertz CT molecular complexity index is 225. The van der Waals surface area contributed by atoms with E-state index in [1.165, 1.54) is 6.92 Å². The molecule has 2 atom stereocenters. The van der Waals surface area contributed by atoms with Gasteiger partial charge in [0.15, 0.2) is 0 Å². The molecule has 94 valence electrons. The molecular formula is C12H22O4. The monoisotopic (exact) mass is 230 g/mol. The van der Waals surface area contributed by atoms with Gasteiger partial charge in [-0.05, 0) is 19.8 Å². The van der Waals surface area contributed by atoms with Gasteiger partial charge in [0.25, 0.3) is 0 Å². The Labute approximate surface area is 97.0 Å². The highest BCUT2D eigenvalue weighted by molar-refractivity contribution is 5.71. The lowest BCUT2D eigenvalue weighted by Gasteiger charge is -2.20. The van der Waals surface area contributed by atoms with Crippen LogP contribution < -0.4 is 0 Å². The van der Waals surface area contributed by atoms with E-state index in [1.54, 1.807) is 6.92 Å². The average Bonchev–Trinajstić information content (AvgIpc) is 2.20. The van der Waals surface area contributed by atoms with E-state index in [0.29, 0.717) is 6.42 Å². The number of aliphatic carboxylic acids is 1. The van der Waals surface area contributed by atoms with Crippen molar-refractivity contribution < 1.29 is 19.4 Å². The molecule has 16 heavy (non-hydrogen) atoms. The fourth-order valence-electron chi connectivity index (χ4n) is 1.56. The van der Waals surface area contributed by atoms with Gasteiger partial charge in [-0.1, -0.05) is 26.2 Å². The highest BCUT2D eigenvalue weighted by Crippen LogP contribution is 2.16. The van der Waals surface area contributed by atoms with E-state index in [9.17, 15) is 9.59 Å². The largest absolute Gasteiger partial charge is 0.481 e. The Balaban J connectivity index is 4.10. The van der Waals surface area contributed by atoms with Crippen LogP contribution in [0.1, 0.15) is 52.9 Å². The van der Waals surface area contributed by atoms with Gasteiger partial charge in [0.05, 0.1) is 5.92 Å². The molecular weight excluding hydrogens is 208 g/mol. The summed E-state index contributed by atoms with van der Waals surface area (Å²) in [4.78, 5) is 21.7. The van der Waals surface area contributed by atoms with Crippen LogP contribution in [0.15, 0.2) is 0 Å². The summed E-state index contributed by atoms with van der Waals surface area (Å²) in [5.41, 5.74) is 0. The number of hydrogen-bond donors (Lipinski definition) is 1. The van der Waals surface area contributed by atoms with Crippen LogP contribution >= 0.6 is 0 Å². The molecule has 0 saturated carbocycles. The summed E-state index contributed by atoms with van der Waals surface area (Å²) in [6.45, 7) is 5.01. The minimum Gasteiger partial charge on any atom is -0.481 e. The van der Waals surface area contributed by atoms with Crippen molar-refractivity contribution in [3.05, 3.63) is 0 Å². The predicted molar refractivity (Wildman–Crippen MR) is 61.1 cm³/mol. The first kappa shape index (κ1) is 14.9. The lowest BCUT2D eigenvalue weighted by Crippen LogP contribution is -2.29. The molecule has 0 amide bonds. The van der Waals surface area contributed by atoms with Crippen LogP contribution in [0.25, 0.3) is 0 Å². The van der Waals surface area contributed by atoms with E-state index >= 15 is 0 Å². The number of carbonyl (C=O) groups excluding carboxylic acids is 1.